The Morgan fingerprint density at radius 1 is 0.621 bits per heavy atom. The Hall–Kier alpha value is -7.47. The smallest absolute Gasteiger partial charge is 0.305 e. The molecule has 12 rings (SSSR count). The summed E-state index contributed by atoms with van der Waals surface area (Å²) in [7, 11) is 10.6. The van der Waals surface area contributed by atoms with Crippen molar-refractivity contribution in [3.8, 4) is 69.6 Å². The van der Waals surface area contributed by atoms with Crippen molar-refractivity contribution in [3.05, 3.63) is 104 Å². The molecule has 1 N–H and O–H groups in total. The van der Waals surface area contributed by atoms with Gasteiger partial charge in [0.1, 0.15) is 43.4 Å². The van der Waals surface area contributed by atoms with Crippen LogP contribution < -0.4 is 47.4 Å². The van der Waals surface area contributed by atoms with Crippen LogP contribution in [0.15, 0.2) is 37.4 Å². The molecule has 8 aliphatic heterocycles. The lowest BCUT2D eigenvalue weighted by atomic mass is 9.71. The number of carbonyl (C=O) groups is 1. The van der Waals surface area contributed by atoms with E-state index in [-0.39, 0.29) is 82.6 Å². The van der Waals surface area contributed by atoms with Gasteiger partial charge in [-0.1, -0.05) is 44.4 Å². The molecular weight excluding hydrogens is 1120 g/mol. The van der Waals surface area contributed by atoms with E-state index in [2.05, 4.69) is 71.1 Å². The minimum absolute atomic E-state index is 0.0561. The van der Waals surface area contributed by atoms with Gasteiger partial charge in [-0.3, -0.25) is 24.4 Å². The van der Waals surface area contributed by atoms with E-state index >= 15 is 0 Å². The van der Waals surface area contributed by atoms with Crippen LogP contribution in [0.4, 0.5) is 0 Å². The van der Waals surface area contributed by atoms with Crippen LogP contribution in [0, 0.1) is 50.4 Å². The Labute approximate surface area is 509 Å². The summed E-state index contributed by atoms with van der Waals surface area (Å²) < 4.78 is 77.5. The number of methoxy groups -OCH3 is 4. The van der Waals surface area contributed by atoms with Crippen LogP contribution in [-0.4, -0.2) is 163 Å². The number of piperazine rings is 2. The first-order valence-corrected chi connectivity index (χ1v) is 29.8. The average molecular weight is 1200 g/mol. The quantitative estimate of drug-likeness (QED) is 0.0533. The van der Waals surface area contributed by atoms with Crippen LogP contribution in [0.2, 0.25) is 0 Å². The van der Waals surface area contributed by atoms with Crippen molar-refractivity contribution in [1.82, 2.24) is 19.6 Å². The van der Waals surface area contributed by atoms with E-state index in [0.29, 0.717) is 109 Å². The van der Waals surface area contributed by atoms with Gasteiger partial charge in [0, 0.05) is 89.3 Å². The van der Waals surface area contributed by atoms with Crippen LogP contribution in [0.5, 0.6) is 57.5 Å². The number of hydrogen-bond acceptors (Lipinski definition) is 21. The average Bonchev–Trinajstić information content (AvgIpc) is 1.36. The largest absolute Gasteiger partial charge is 0.493 e. The Bertz CT molecular complexity index is 3430. The predicted molar refractivity (Wildman–Crippen MR) is 318 cm³/mol. The number of ether oxygens (including phenoxy) is 13. The van der Waals surface area contributed by atoms with Gasteiger partial charge >= 0.3 is 5.97 Å². The number of benzene rings is 4. The second-order valence-electron chi connectivity index (χ2n) is 23.4. The van der Waals surface area contributed by atoms with Crippen LogP contribution >= 0.6 is 0 Å². The molecule has 8 heterocycles. The molecule has 0 aliphatic carbocycles. The Balaban J connectivity index is 0.000000181. The lowest BCUT2D eigenvalue weighted by Crippen LogP contribution is -2.68. The highest BCUT2D eigenvalue weighted by molar-refractivity contribution is 5.71. The van der Waals surface area contributed by atoms with E-state index in [9.17, 15) is 20.4 Å². The third-order valence-electron chi connectivity index (χ3n) is 18.9. The zero-order valence-corrected chi connectivity index (χ0v) is 51.7. The van der Waals surface area contributed by atoms with E-state index in [4.69, 9.17) is 61.6 Å². The van der Waals surface area contributed by atoms with Crippen molar-refractivity contribution < 1.29 is 71.5 Å². The third-order valence-corrected chi connectivity index (χ3v) is 18.9. The van der Waals surface area contributed by atoms with Crippen molar-refractivity contribution in [3.63, 3.8) is 0 Å². The maximum Gasteiger partial charge on any atom is 0.305 e. The van der Waals surface area contributed by atoms with E-state index in [1.165, 1.54) is 0 Å². The first-order valence-electron chi connectivity index (χ1n) is 29.8. The monoisotopic (exact) mass is 1200 g/mol. The summed E-state index contributed by atoms with van der Waals surface area (Å²) >= 11 is 0. The van der Waals surface area contributed by atoms with E-state index in [1.54, 1.807) is 40.6 Å². The maximum absolute atomic E-state index is 12.8. The zero-order chi connectivity index (χ0) is 61.7. The van der Waals surface area contributed by atoms with Crippen LogP contribution in [0.1, 0.15) is 111 Å². The van der Waals surface area contributed by atoms with E-state index in [0.717, 1.165) is 66.8 Å². The van der Waals surface area contributed by atoms with Crippen molar-refractivity contribution in [2.24, 2.45) is 0 Å². The fourth-order valence-corrected chi connectivity index (χ4v) is 15.6. The summed E-state index contributed by atoms with van der Waals surface area (Å²) in [5, 5.41) is 32.5. The molecule has 10 atom stereocenters. The number of likely N-dealkylation sites (N-methyl/N-ethyl adjacent to an activating group) is 2. The van der Waals surface area contributed by atoms with Crippen molar-refractivity contribution in [2.75, 3.05) is 96.1 Å². The topological polar surface area (TPSA) is 218 Å². The SMILES string of the molecule is C=CCOc1c(C)c2c(c3c1CC1[C@H]4c5c(cc(C)c(OC)c5OCOC)C[C@@H]([C@H](C#N)N1[C@H]3CO)N4C)OCO2.C=CCOc1c(C)c2c(c3c1CC1[C@H]4c5c(cc(C)c(OC)c5OCOC)C[C@@H]([C@H](C#N)N1[C@H]3COC(=O)CCC)N4C)OCO2. The minimum Gasteiger partial charge on any atom is -0.493 e. The van der Waals surface area contributed by atoms with Gasteiger partial charge in [-0.25, -0.2) is 0 Å². The molecule has 2 unspecified atom stereocenters. The number of aryl methyl sites for hydroxylation is 2. The lowest BCUT2D eigenvalue weighted by Gasteiger charge is -2.60. The first-order chi connectivity index (χ1) is 42.2. The highest BCUT2D eigenvalue weighted by atomic mass is 16.7. The van der Waals surface area contributed by atoms with Gasteiger partial charge in [-0.2, -0.15) is 10.5 Å². The summed E-state index contributed by atoms with van der Waals surface area (Å²) in [4.78, 5) is 21.9. The molecule has 21 nitrogen and oxygen atoms in total. The Kier molecular flexibility index (Phi) is 17.8. The van der Waals surface area contributed by atoms with Gasteiger partial charge in [-0.05, 0) is 96.1 Å². The summed E-state index contributed by atoms with van der Waals surface area (Å²) in [5.41, 5.74) is 11.5. The number of rotatable bonds is 19. The summed E-state index contributed by atoms with van der Waals surface area (Å²) in [5.74, 6) is 6.27. The minimum atomic E-state index is -0.509. The number of hydrogen-bond donors (Lipinski definition) is 1. The van der Waals surface area contributed by atoms with Gasteiger partial charge in [0.2, 0.25) is 13.6 Å². The number of aliphatic hydroxyl groups excluding tert-OH is 1. The van der Waals surface area contributed by atoms with E-state index in [1.807, 2.05) is 34.6 Å². The molecular formula is C66H80N6O15. The molecule has 0 spiro atoms. The zero-order valence-electron chi connectivity index (χ0n) is 51.7. The standard InChI is InChI=1S/C35H43N3O8.C31H37N3O7/c1-8-10-27(39)43-16-26-29-22(32(42-11-9-2)20(4)33-35(29)46-18-45-33)14-24-30-28-21(13-23(37(30)5)25(15-36)38(24)26)12-19(3)31(41-7)34(28)44-17-40-6;1-7-8-38-28-17(3)29-31(41-15-40-29)25-19(28)11-21-26-24-18(9-16(2)27(37-6)30(24)39-14-36-5)10-20(33(26)4)22(12-32)34(21)23(25)13-35/h9,12,23-26,30H,2,8,10-11,13-14,16-18H2,1,3-7H3;7,9,20-23,26,35H,1,8,10-11,13-15H2,2-6H3/t23-,24?,25-,26-,30-;20-,21?,22-,23-,26-/m00/s1. The normalized spacial score (nSPS) is 25.0. The molecule has 0 aromatic heterocycles. The fraction of sp³-hybridized carbons (Fsp3) is 0.530. The molecule has 0 saturated carbocycles. The van der Waals surface area contributed by atoms with E-state index < -0.39 is 24.2 Å². The molecule has 0 amide bonds. The molecule has 4 aromatic carbocycles. The van der Waals surface area contributed by atoms with Crippen molar-refractivity contribution in [2.45, 2.75) is 134 Å². The number of esters is 1. The molecule has 0 radical (unpaired) electrons. The van der Waals surface area contributed by atoms with Gasteiger partial charge in [0.15, 0.2) is 59.6 Å². The molecule has 464 valence electrons. The van der Waals surface area contributed by atoms with Crippen LogP contribution in [0.25, 0.3) is 0 Å². The highest BCUT2D eigenvalue weighted by Gasteiger charge is 2.59. The van der Waals surface area contributed by atoms with Crippen LogP contribution in [0.3, 0.4) is 0 Å². The number of nitrogens with zero attached hydrogens (tertiary/aromatic N) is 6. The fourth-order valence-electron chi connectivity index (χ4n) is 15.6. The van der Waals surface area contributed by atoms with Crippen molar-refractivity contribution >= 4 is 5.97 Å². The van der Waals surface area contributed by atoms with Gasteiger partial charge in [-0.15, -0.1) is 0 Å². The summed E-state index contributed by atoms with van der Waals surface area (Å²) in [6.45, 7) is 18.4. The molecule has 4 bridgehead atoms. The predicted octanol–water partition coefficient (Wildman–Crippen LogP) is 8.05. The highest BCUT2D eigenvalue weighted by Crippen LogP contribution is 2.61. The van der Waals surface area contributed by atoms with Crippen molar-refractivity contribution in [1.29, 1.82) is 10.5 Å². The molecule has 87 heavy (non-hydrogen) atoms. The van der Waals surface area contributed by atoms with Gasteiger partial charge < -0.3 is 66.7 Å². The molecule has 21 heteroatoms. The molecule has 4 aromatic rings. The second kappa shape index (κ2) is 25.3. The Morgan fingerprint density at radius 2 is 1.06 bits per heavy atom. The molecule has 2 fully saturated rings. The molecule has 2 saturated heterocycles. The Morgan fingerprint density at radius 3 is 1.46 bits per heavy atom. The number of fused-ring (bicyclic) bond motifs is 18. The maximum atomic E-state index is 12.8. The van der Waals surface area contributed by atoms with Gasteiger partial charge in [0.25, 0.3) is 0 Å². The van der Waals surface area contributed by atoms with Gasteiger partial charge in [0.05, 0.1) is 57.1 Å². The van der Waals surface area contributed by atoms with Crippen LogP contribution in [-0.2, 0) is 44.7 Å². The number of nitriles is 2. The molecule has 8 aliphatic rings. The number of aliphatic hydroxyl groups is 1. The number of carbonyl (C=O) groups excluding carboxylic acids is 1. The lowest BCUT2D eigenvalue weighted by molar-refractivity contribution is -0.149. The third kappa shape index (κ3) is 9.99. The second-order valence-corrected chi connectivity index (χ2v) is 23.4. The summed E-state index contributed by atoms with van der Waals surface area (Å²) in [6, 6.07) is 6.63. The summed E-state index contributed by atoms with van der Waals surface area (Å²) in [6.07, 6.45) is 6.80. The first kappa shape index (κ1) is 61.2.